The summed E-state index contributed by atoms with van der Waals surface area (Å²) in [4.78, 5) is 52.2. The molecule has 2 N–H and O–H groups in total. The summed E-state index contributed by atoms with van der Waals surface area (Å²) in [6.07, 6.45) is 2.09. The van der Waals surface area contributed by atoms with E-state index in [1.54, 1.807) is 18.2 Å². The minimum atomic E-state index is -2.09. The molecule has 40 heavy (non-hydrogen) atoms. The number of carbonyl (C=O) groups excluding carboxylic acids is 4. The predicted molar refractivity (Wildman–Crippen MR) is 142 cm³/mol. The molecule has 2 heterocycles. The lowest BCUT2D eigenvalue weighted by molar-refractivity contribution is -0.141. The van der Waals surface area contributed by atoms with Crippen LogP contribution >= 0.6 is 23.2 Å². The van der Waals surface area contributed by atoms with Crippen molar-refractivity contribution < 1.29 is 33.8 Å². The number of rotatable bonds is 4. The maximum atomic E-state index is 14.6. The Balaban J connectivity index is 1.42. The molecule has 0 bridgehead atoms. The van der Waals surface area contributed by atoms with E-state index in [0.717, 1.165) is 16.5 Å². The number of para-hydroxylation sites is 1. The molecule has 4 aliphatic rings. The number of nitrogens with zero attached hydrogens (tertiary/aromatic N) is 2. The topological polar surface area (TPSA) is 115 Å². The zero-order valence-electron chi connectivity index (χ0n) is 21.3. The number of benzene rings is 2. The Kier molecular flexibility index (Phi) is 6.05. The third kappa shape index (κ3) is 3.43. The van der Waals surface area contributed by atoms with Gasteiger partial charge in [-0.25, -0.2) is 4.39 Å². The third-order valence-corrected chi connectivity index (χ3v) is 10.4. The SMILES string of the molecule is CN1C(=O)[C@]2(Cl)C[C@@H]3C(=CC[C@@H]4C(=O)N(CCc5ccc(O)cc5)C(=O)[C@@H]43)[C@H](c3cccc(F)c3O)[C@]2(Cl)C1=O. The van der Waals surface area contributed by atoms with Crippen LogP contribution < -0.4 is 0 Å². The van der Waals surface area contributed by atoms with Crippen molar-refractivity contribution in [3.63, 3.8) is 0 Å². The van der Waals surface area contributed by atoms with Crippen molar-refractivity contribution in [2.24, 2.45) is 17.8 Å². The predicted octanol–water partition coefficient (Wildman–Crippen LogP) is 3.47. The van der Waals surface area contributed by atoms with Crippen LogP contribution in [0.2, 0.25) is 0 Å². The lowest BCUT2D eigenvalue weighted by atomic mass is 9.56. The minimum absolute atomic E-state index is 0.0215. The van der Waals surface area contributed by atoms with Crippen LogP contribution in [0.5, 0.6) is 11.5 Å². The summed E-state index contributed by atoms with van der Waals surface area (Å²) in [7, 11) is 1.26. The van der Waals surface area contributed by atoms with Crippen LogP contribution in [0.25, 0.3) is 0 Å². The normalized spacial score (nSPS) is 33.1. The van der Waals surface area contributed by atoms with Gasteiger partial charge in [-0.15, -0.1) is 23.2 Å². The van der Waals surface area contributed by atoms with E-state index in [4.69, 9.17) is 23.2 Å². The molecule has 6 atom stereocenters. The minimum Gasteiger partial charge on any atom is -0.508 e. The van der Waals surface area contributed by atoms with Crippen LogP contribution in [0.15, 0.2) is 54.1 Å². The van der Waals surface area contributed by atoms with Crippen LogP contribution in [0.4, 0.5) is 4.39 Å². The van der Waals surface area contributed by atoms with Crippen LogP contribution in [-0.2, 0) is 25.6 Å². The Morgan fingerprint density at radius 1 is 0.975 bits per heavy atom. The molecule has 4 amide bonds. The number of hydrogen-bond acceptors (Lipinski definition) is 6. The van der Waals surface area contributed by atoms with Crippen molar-refractivity contribution in [2.45, 2.75) is 34.9 Å². The monoisotopic (exact) mass is 586 g/mol. The molecule has 2 aromatic carbocycles. The van der Waals surface area contributed by atoms with Crippen molar-refractivity contribution in [3.8, 4) is 11.5 Å². The second-order valence-corrected chi connectivity index (χ2v) is 12.2. The molecule has 2 aromatic rings. The number of alkyl halides is 2. The van der Waals surface area contributed by atoms with E-state index < -0.39 is 62.7 Å². The standard InChI is InChI=1S/C29H25Cl2FN2O6/c1-33-26(39)28(30)13-19-16(22(29(28,31)27(33)40)18-3-2-4-20(32)23(18)36)9-10-17-21(19)25(38)34(24(17)37)12-11-14-5-7-15(35)8-6-14/h2-9,17,19,21-22,35-36H,10-13H2,1H3/t17-,19+,21-,22+,28+,29-/m0/s1. The number of allylic oxidation sites excluding steroid dienone is 2. The van der Waals surface area contributed by atoms with Crippen LogP contribution in [0.3, 0.4) is 0 Å². The number of fused-ring (bicyclic) bond motifs is 4. The van der Waals surface area contributed by atoms with Gasteiger partial charge in [0, 0.05) is 25.1 Å². The van der Waals surface area contributed by atoms with E-state index in [0.29, 0.717) is 12.0 Å². The number of hydrogen-bond donors (Lipinski definition) is 2. The molecule has 208 valence electrons. The molecule has 0 unspecified atom stereocenters. The highest BCUT2D eigenvalue weighted by atomic mass is 35.5. The molecule has 2 aliphatic carbocycles. The molecule has 11 heteroatoms. The molecule has 2 saturated heterocycles. The summed E-state index contributed by atoms with van der Waals surface area (Å²) in [6, 6.07) is 10.3. The number of amides is 4. The largest absolute Gasteiger partial charge is 0.508 e. The van der Waals surface area contributed by atoms with Gasteiger partial charge in [0.05, 0.1) is 11.8 Å². The van der Waals surface area contributed by atoms with Crippen molar-refractivity contribution >= 4 is 46.8 Å². The molecule has 6 rings (SSSR count). The van der Waals surface area contributed by atoms with Crippen LogP contribution in [0, 0.1) is 23.6 Å². The fraction of sp³-hybridized carbons (Fsp3) is 0.379. The molecular weight excluding hydrogens is 562 g/mol. The quantitative estimate of drug-likeness (QED) is 0.322. The fourth-order valence-electron chi connectivity index (χ4n) is 7.04. The average Bonchev–Trinajstić information content (AvgIpc) is 3.25. The number of aromatic hydroxyl groups is 2. The zero-order chi connectivity index (χ0) is 28.7. The van der Waals surface area contributed by atoms with Gasteiger partial charge in [-0.3, -0.25) is 29.0 Å². The third-order valence-electron chi connectivity index (χ3n) is 8.99. The number of phenolic OH excluding ortho intramolecular Hbond substituents is 2. The molecule has 2 aliphatic heterocycles. The van der Waals surface area contributed by atoms with Gasteiger partial charge in [0.2, 0.25) is 11.8 Å². The van der Waals surface area contributed by atoms with E-state index in [9.17, 15) is 33.8 Å². The smallest absolute Gasteiger partial charge is 0.253 e. The number of imide groups is 2. The van der Waals surface area contributed by atoms with Crippen molar-refractivity contribution in [3.05, 3.63) is 71.1 Å². The lowest BCUT2D eigenvalue weighted by Crippen LogP contribution is -2.60. The summed E-state index contributed by atoms with van der Waals surface area (Å²) < 4.78 is 14.6. The lowest BCUT2D eigenvalue weighted by Gasteiger charge is -2.50. The number of phenols is 2. The van der Waals surface area contributed by atoms with Crippen molar-refractivity contribution in [1.82, 2.24) is 9.80 Å². The Morgan fingerprint density at radius 3 is 2.38 bits per heavy atom. The zero-order valence-corrected chi connectivity index (χ0v) is 22.8. The molecule has 0 spiro atoms. The molecular formula is C29H25Cl2FN2O6. The first-order valence-corrected chi connectivity index (χ1v) is 13.7. The second-order valence-electron chi connectivity index (χ2n) is 10.9. The Morgan fingerprint density at radius 2 is 1.68 bits per heavy atom. The van der Waals surface area contributed by atoms with Crippen LogP contribution in [-0.4, -0.2) is 67.0 Å². The maximum absolute atomic E-state index is 14.6. The number of halogens is 3. The first-order valence-electron chi connectivity index (χ1n) is 12.9. The van der Waals surface area contributed by atoms with Crippen LogP contribution in [0.1, 0.15) is 29.9 Å². The van der Waals surface area contributed by atoms with Gasteiger partial charge in [-0.2, -0.15) is 0 Å². The Bertz CT molecular complexity index is 1510. The van der Waals surface area contributed by atoms with Gasteiger partial charge in [0.1, 0.15) is 5.75 Å². The highest BCUT2D eigenvalue weighted by Gasteiger charge is 2.76. The van der Waals surface area contributed by atoms with Gasteiger partial charge in [-0.05, 0) is 48.9 Å². The molecule has 0 aromatic heterocycles. The van der Waals surface area contributed by atoms with Gasteiger partial charge < -0.3 is 10.2 Å². The maximum Gasteiger partial charge on any atom is 0.253 e. The van der Waals surface area contributed by atoms with Gasteiger partial charge in [-0.1, -0.05) is 35.9 Å². The Hall–Kier alpha value is -3.43. The van der Waals surface area contributed by atoms with Gasteiger partial charge >= 0.3 is 0 Å². The van der Waals surface area contributed by atoms with E-state index in [2.05, 4.69) is 0 Å². The molecule has 1 saturated carbocycles. The van der Waals surface area contributed by atoms with Gasteiger partial charge in [0.25, 0.3) is 11.8 Å². The second kappa shape index (κ2) is 9.04. The Labute approximate surface area is 239 Å². The fourth-order valence-corrected chi connectivity index (χ4v) is 8.05. The summed E-state index contributed by atoms with van der Waals surface area (Å²) in [6.45, 7) is 0.122. The van der Waals surface area contributed by atoms with Crippen molar-refractivity contribution in [1.29, 1.82) is 0 Å². The van der Waals surface area contributed by atoms with E-state index >= 15 is 0 Å². The molecule has 0 radical (unpaired) electrons. The first-order chi connectivity index (χ1) is 18.9. The average molecular weight is 587 g/mol. The molecule has 8 nitrogen and oxygen atoms in total. The summed E-state index contributed by atoms with van der Waals surface area (Å²) in [5.41, 5.74) is 1.29. The highest BCUT2D eigenvalue weighted by Crippen LogP contribution is 2.66. The first kappa shape index (κ1) is 26.8. The molecule has 3 fully saturated rings. The summed E-state index contributed by atoms with van der Waals surface area (Å²) in [5.74, 6) is -7.40. The number of likely N-dealkylation sites (tertiary alicyclic amines) is 2. The summed E-state index contributed by atoms with van der Waals surface area (Å²) in [5, 5.41) is 20.3. The summed E-state index contributed by atoms with van der Waals surface area (Å²) >= 11 is 14.1. The van der Waals surface area contributed by atoms with E-state index in [1.807, 2.05) is 0 Å². The highest BCUT2D eigenvalue weighted by molar-refractivity contribution is 6.53. The van der Waals surface area contributed by atoms with Crippen molar-refractivity contribution in [2.75, 3.05) is 13.6 Å². The van der Waals surface area contributed by atoms with E-state index in [1.165, 1.54) is 36.2 Å². The van der Waals surface area contributed by atoms with E-state index in [-0.39, 0.29) is 36.6 Å². The number of carbonyl (C=O) groups is 4. The van der Waals surface area contributed by atoms with Gasteiger partial charge in [0.15, 0.2) is 21.3 Å².